The Kier molecular flexibility index (Phi) is 5.68. The van der Waals surface area contributed by atoms with E-state index in [1.54, 1.807) is 17.1 Å². The normalized spacial score (nSPS) is 13.4. The summed E-state index contributed by atoms with van der Waals surface area (Å²) in [5.74, 6) is 1.31. The zero-order chi connectivity index (χ0) is 18.7. The molecule has 2 heterocycles. The molecule has 7 heteroatoms. The Bertz CT molecular complexity index is 878. The van der Waals surface area contributed by atoms with Gasteiger partial charge in [-0.1, -0.05) is 35.0 Å². The van der Waals surface area contributed by atoms with Crippen molar-refractivity contribution in [2.24, 2.45) is 5.92 Å². The summed E-state index contributed by atoms with van der Waals surface area (Å²) in [5, 5.41) is 17.5. The summed E-state index contributed by atoms with van der Waals surface area (Å²) in [6.07, 6.45) is 3.37. The maximum Gasteiger partial charge on any atom is 0.174 e. The van der Waals surface area contributed by atoms with E-state index in [-0.39, 0.29) is 18.6 Å². The molecule has 0 saturated heterocycles. The Labute approximate surface area is 161 Å². The predicted molar refractivity (Wildman–Crippen MR) is 105 cm³/mol. The molecule has 0 bridgehead atoms. The second-order valence-electron chi connectivity index (χ2n) is 6.43. The number of aromatic nitrogens is 4. The Morgan fingerprint density at radius 2 is 1.92 bits per heavy atom. The smallest absolute Gasteiger partial charge is 0.174 e. The van der Waals surface area contributed by atoms with Crippen molar-refractivity contribution in [3.63, 3.8) is 0 Å². The van der Waals surface area contributed by atoms with Crippen LogP contribution < -0.4 is 5.32 Å². The molecule has 3 aromatic rings. The molecular weight excluding hydrogens is 394 g/mol. The van der Waals surface area contributed by atoms with E-state index >= 15 is 0 Å². The number of anilines is 1. The molecule has 0 fully saturated rings. The van der Waals surface area contributed by atoms with Crippen molar-refractivity contribution >= 4 is 21.7 Å². The molecule has 0 aliphatic heterocycles. The topological polar surface area (TPSA) is 75.9 Å². The SMILES string of the molecule is Cc1cc(C)n(-c2cncc(N[C@H](c3ccc(Br)cc3)[C@H](C)CO)n2)n1. The number of rotatable bonds is 6. The van der Waals surface area contributed by atoms with Gasteiger partial charge in [-0.2, -0.15) is 5.10 Å². The van der Waals surface area contributed by atoms with Gasteiger partial charge in [0.25, 0.3) is 0 Å². The molecule has 2 aromatic heterocycles. The lowest BCUT2D eigenvalue weighted by atomic mass is 9.95. The number of nitrogens with one attached hydrogen (secondary N) is 1. The van der Waals surface area contributed by atoms with E-state index in [0.717, 1.165) is 21.4 Å². The number of hydrogen-bond acceptors (Lipinski definition) is 5. The summed E-state index contributed by atoms with van der Waals surface area (Å²) in [5.41, 5.74) is 3.01. The molecule has 0 amide bonds. The lowest BCUT2D eigenvalue weighted by molar-refractivity contribution is 0.222. The highest BCUT2D eigenvalue weighted by molar-refractivity contribution is 9.10. The van der Waals surface area contributed by atoms with E-state index < -0.39 is 0 Å². The lowest BCUT2D eigenvalue weighted by Gasteiger charge is -2.25. The van der Waals surface area contributed by atoms with Crippen LogP contribution in [0.4, 0.5) is 5.82 Å². The van der Waals surface area contributed by atoms with Gasteiger partial charge in [-0.05, 0) is 37.6 Å². The van der Waals surface area contributed by atoms with Gasteiger partial charge in [0.2, 0.25) is 0 Å². The zero-order valence-electron chi connectivity index (χ0n) is 15.0. The molecule has 0 saturated carbocycles. The predicted octanol–water partition coefficient (Wildman–Crippen LogP) is 3.82. The molecule has 0 spiro atoms. The second kappa shape index (κ2) is 7.97. The Balaban J connectivity index is 1.91. The van der Waals surface area contributed by atoms with Crippen LogP contribution in [0.15, 0.2) is 47.2 Å². The first-order chi connectivity index (χ1) is 12.5. The first-order valence-corrected chi connectivity index (χ1v) is 9.25. The van der Waals surface area contributed by atoms with Crippen LogP contribution in [0.5, 0.6) is 0 Å². The van der Waals surface area contributed by atoms with Crippen molar-refractivity contribution in [2.75, 3.05) is 11.9 Å². The van der Waals surface area contributed by atoms with Crippen LogP contribution in [0, 0.1) is 19.8 Å². The number of benzene rings is 1. The van der Waals surface area contributed by atoms with Gasteiger partial charge in [0.15, 0.2) is 5.82 Å². The molecular formula is C19H22BrN5O. The molecule has 136 valence electrons. The van der Waals surface area contributed by atoms with Crippen molar-refractivity contribution in [3.05, 3.63) is 64.1 Å². The van der Waals surface area contributed by atoms with Crippen LogP contribution in [-0.2, 0) is 0 Å². The molecule has 6 nitrogen and oxygen atoms in total. The van der Waals surface area contributed by atoms with E-state index in [9.17, 15) is 5.11 Å². The van der Waals surface area contributed by atoms with Crippen LogP contribution in [0.1, 0.15) is 29.9 Å². The number of nitrogens with zero attached hydrogens (tertiary/aromatic N) is 4. The monoisotopic (exact) mass is 415 g/mol. The fourth-order valence-corrected chi connectivity index (χ4v) is 3.14. The third kappa shape index (κ3) is 4.11. The van der Waals surface area contributed by atoms with Gasteiger partial charge in [0.1, 0.15) is 5.82 Å². The van der Waals surface area contributed by atoms with Gasteiger partial charge in [-0.25, -0.2) is 9.67 Å². The van der Waals surface area contributed by atoms with E-state index in [1.807, 2.05) is 51.1 Å². The van der Waals surface area contributed by atoms with Crippen LogP contribution >= 0.6 is 15.9 Å². The first kappa shape index (κ1) is 18.5. The zero-order valence-corrected chi connectivity index (χ0v) is 16.6. The number of aryl methyl sites for hydroxylation is 2. The van der Waals surface area contributed by atoms with Gasteiger partial charge in [-0.3, -0.25) is 4.98 Å². The molecule has 2 N–H and O–H groups in total. The summed E-state index contributed by atoms with van der Waals surface area (Å²) in [4.78, 5) is 8.95. The van der Waals surface area contributed by atoms with Gasteiger partial charge in [-0.15, -0.1) is 0 Å². The van der Waals surface area contributed by atoms with E-state index in [4.69, 9.17) is 0 Å². The van der Waals surface area contributed by atoms with Crippen molar-refractivity contribution in [2.45, 2.75) is 26.8 Å². The number of aliphatic hydroxyl groups is 1. The lowest BCUT2D eigenvalue weighted by Crippen LogP contribution is -2.22. The average Bonchev–Trinajstić information content (AvgIpc) is 2.98. The van der Waals surface area contributed by atoms with E-state index in [0.29, 0.717) is 11.6 Å². The molecule has 26 heavy (non-hydrogen) atoms. The summed E-state index contributed by atoms with van der Waals surface area (Å²) in [6.45, 7) is 6.00. The summed E-state index contributed by atoms with van der Waals surface area (Å²) in [6, 6.07) is 9.97. The minimum atomic E-state index is -0.0851. The minimum absolute atomic E-state index is 0.00955. The van der Waals surface area contributed by atoms with Crippen LogP contribution in [0.2, 0.25) is 0 Å². The number of halogens is 1. The standard InChI is InChI=1S/C19H22BrN5O/c1-12(11-26)19(15-4-6-16(20)7-5-15)23-17-9-21-10-18(22-17)25-14(3)8-13(2)24-25/h4-10,12,19,26H,11H2,1-3H3,(H,22,23)/t12-,19+/m1/s1. The second-order valence-corrected chi connectivity index (χ2v) is 7.35. The molecule has 3 rings (SSSR count). The summed E-state index contributed by atoms with van der Waals surface area (Å²) in [7, 11) is 0. The fraction of sp³-hybridized carbons (Fsp3) is 0.316. The van der Waals surface area contributed by atoms with Crippen molar-refractivity contribution in [1.29, 1.82) is 0 Å². The first-order valence-electron chi connectivity index (χ1n) is 8.46. The molecule has 0 aliphatic rings. The highest BCUT2D eigenvalue weighted by atomic mass is 79.9. The Hall–Kier alpha value is -2.25. The number of hydrogen-bond donors (Lipinski definition) is 2. The molecule has 0 unspecified atom stereocenters. The molecule has 1 aromatic carbocycles. The number of aliphatic hydroxyl groups excluding tert-OH is 1. The van der Waals surface area contributed by atoms with Crippen molar-refractivity contribution in [3.8, 4) is 5.82 Å². The third-order valence-electron chi connectivity index (χ3n) is 4.24. The van der Waals surface area contributed by atoms with Gasteiger partial charge >= 0.3 is 0 Å². The van der Waals surface area contributed by atoms with Crippen LogP contribution in [0.3, 0.4) is 0 Å². The van der Waals surface area contributed by atoms with Crippen molar-refractivity contribution in [1.82, 2.24) is 19.7 Å². The average molecular weight is 416 g/mol. The maximum atomic E-state index is 9.67. The molecule has 0 aliphatic carbocycles. The van der Waals surface area contributed by atoms with Crippen LogP contribution in [-0.4, -0.2) is 31.5 Å². The van der Waals surface area contributed by atoms with E-state index in [1.165, 1.54) is 0 Å². The summed E-state index contributed by atoms with van der Waals surface area (Å²) < 4.78 is 2.79. The summed E-state index contributed by atoms with van der Waals surface area (Å²) >= 11 is 3.46. The molecule has 0 radical (unpaired) electrons. The minimum Gasteiger partial charge on any atom is -0.396 e. The van der Waals surface area contributed by atoms with Gasteiger partial charge < -0.3 is 10.4 Å². The van der Waals surface area contributed by atoms with Gasteiger partial charge in [0.05, 0.1) is 24.1 Å². The Morgan fingerprint density at radius 3 is 2.54 bits per heavy atom. The Morgan fingerprint density at radius 1 is 1.19 bits per heavy atom. The highest BCUT2D eigenvalue weighted by Crippen LogP contribution is 2.27. The highest BCUT2D eigenvalue weighted by Gasteiger charge is 2.20. The van der Waals surface area contributed by atoms with Gasteiger partial charge in [0, 0.05) is 22.7 Å². The third-order valence-corrected chi connectivity index (χ3v) is 4.77. The van der Waals surface area contributed by atoms with Crippen molar-refractivity contribution < 1.29 is 5.11 Å². The fourth-order valence-electron chi connectivity index (χ4n) is 2.88. The van der Waals surface area contributed by atoms with Crippen LogP contribution in [0.25, 0.3) is 5.82 Å². The largest absolute Gasteiger partial charge is 0.396 e. The van der Waals surface area contributed by atoms with E-state index in [2.05, 4.69) is 36.3 Å². The molecule has 2 atom stereocenters. The maximum absolute atomic E-state index is 9.67. The quantitative estimate of drug-likeness (QED) is 0.639.